The van der Waals surface area contributed by atoms with Gasteiger partial charge in [-0.2, -0.15) is 5.26 Å². The lowest BCUT2D eigenvalue weighted by Gasteiger charge is -2.14. The van der Waals surface area contributed by atoms with Gasteiger partial charge in [0.15, 0.2) is 0 Å². The maximum atomic E-state index is 9.36. The zero-order valence-corrected chi connectivity index (χ0v) is 10.3. The normalized spacial score (nSPS) is 11.6. The van der Waals surface area contributed by atoms with Crippen molar-refractivity contribution in [2.45, 2.75) is 18.9 Å². The molecule has 1 aromatic carbocycles. The topological polar surface area (TPSA) is 56.5 Å². The Balaban J connectivity index is 2.42. The molecule has 92 valence electrons. The van der Waals surface area contributed by atoms with E-state index in [-0.39, 0.29) is 6.42 Å². The third kappa shape index (κ3) is 4.75. The lowest BCUT2D eigenvalue weighted by molar-refractivity contribution is 0.143. The van der Waals surface area contributed by atoms with Crippen LogP contribution >= 0.6 is 0 Å². The van der Waals surface area contributed by atoms with Gasteiger partial charge in [-0.1, -0.05) is 6.07 Å². The first kappa shape index (κ1) is 13.3. The van der Waals surface area contributed by atoms with Crippen LogP contribution in [0.4, 0.5) is 5.69 Å². The fraction of sp³-hybridized carbons (Fsp3) is 0.462. The van der Waals surface area contributed by atoms with Gasteiger partial charge in [0.05, 0.1) is 25.2 Å². The minimum Gasteiger partial charge on any atom is -0.493 e. The number of hydrogen-bond donors (Lipinski definition) is 1. The zero-order valence-electron chi connectivity index (χ0n) is 10.3. The molecular formula is C13H18N2O2. The monoisotopic (exact) mass is 234 g/mol. The molecule has 4 heteroatoms. The predicted octanol–water partition coefficient (Wildman–Crippen LogP) is 1.80. The minimum atomic E-state index is -0.600. The number of hydrogen-bond acceptors (Lipinski definition) is 4. The fourth-order valence-corrected chi connectivity index (χ4v) is 1.37. The smallest absolute Gasteiger partial charge is 0.121 e. The van der Waals surface area contributed by atoms with Crippen molar-refractivity contribution >= 4 is 5.69 Å². The number of aliphatic hydroxyl groups excluding tert-OH is 1. The Labute approximate surface area is 102 Å². The minimum absolute atomic E-state index is 0.154. The summed E-state index contributed by atoms with van der Waals surface area (Å²) in [5.74, 6) is 0.778. The number of benzene rings is 1. The van der Waals surface area contributed by atoms with Gasteiger partial charge in [-0.3, -0.25) is 0 Å². The first-order valence-electron chi connectivity index (χ1n) is 5.58. The molecule has 0 aliphatic rings. The molecule has 0 fully saturated rings. The van der Waals surface area contributed by atoms with Crippen molar-refractivity contribution in [1.82, 2.24) is 0 Å². The lowest BCUT2D eigenvalue weighted by Crippen LogP contribution is -2.11. The summed E-state index contributed by atoms with van der Waals surface area (Å²) in [6.45, 7) is 0.416. The molecule has 1 rings (SSSR count). The Kier molecular flexibility index (Phi) is 5.31. The first-order chi connectivity index (χ1) is 8.13. The second-order valence-electron chi connectivity index (χ2n) is 4.04. The molecule has 0 aliphatic heterocycles. The number of ether oxygens (including phenoxy) is 1. The highest BCUT2D eigenvalue weighted by molar-refractivity contribution is 5.49. The van der Waals surface area contributed by atoms with E-state index in [4.69, 9.17) is 10.00 Å². The predicted molar refractivity (Wildman–Crippen MR) is 67.1 cm³/mol. The van der Waals surface area contributed by atoms with E-state index in [9.17, 15) is 5.11 Å². The van der Waals surface area contributed by atoms with E-state index >= 15 is 0 Å². The Morgan fingerprint density at radius 1 is 1.47 bits per heavy atom. The summed E-state index contributed by atoms with van der Waals surface area (Å²) >= 11 is 0. The van der Waals surface area contributed by atoms with Gasteiger partial charge in [0.25, 0.3) is 0 Å². The van der Waals surface area contributed by atoms with Crippen LogP contribution in [0.5, 0.6) is 5.75 Å². The second-order valence-corrected chi connectivity index (χ2v) is 4.04. The van der Waals surface area contributed by atoms with E-state index in [1.165, 1.54) is 0 Å². The fourth-order valence-electron chi connectivity index (χ4n) is 1.37. The molecular weight excluding hydrogens is 216 g/mol. The number of nitriles is 1. The van der Waals surface area contributed by atoms with Gasteiger partial charge in [0.2, 0.25) is 0 Å². The van der Waals surface area contributed by atoms with Gasteiger partial charge in [-0.05, 0) is 12.1 Å². The highest BCUT2D eigenvalue weighted by atomic mass is 16.5. The maximum absolute atomic E-state index is 9.36. The van der Waals surface area contributed by atoms with E-state index in [0.29, 0.717) is 13.0 Å². The van der Waals surface area contributed by atoms with Crippen LogP contribution in [0.2, 0.25) is 0 Å². The van der Waals surface area contributed by atoms with Gasteiger partial charge in [-0.25, -0.2) is 0 Å². The lowest BCUT2D eigenvalue weighted by atomic mass is 10.2. The van der Waals surface area contributed by atoms with Crippen LogP contribution < -0.4 is 9.64 Å². The van der Waals surface area contributed by atoms with E-state index in [0.717, 1.165) is 11.4 Å². The van der Waals surface area contributed by atoms with Crippen LogP contribution in [0, 0.1) is 11.3 Å². The van der Waals surface area contributed by atoms with Crippen molar-refractivity contribution < 1.29 is 9.84 Å². The van der Waals surface area contributed by atoms with Gasteiger partial charge in [0, 0.05) is 32.3 Å². The summed E-state index contributed by atoms with van der Waals surface area (Å²) in [6, 6.07) is 9.67. The molecule has 0 heterocycles. The van der Waals surface area contributed by atoms with E-state index in [1.54, 1.807) is 0 Å². The number of nitrogens with zero attached hydrogens (tertiary/aromatic N) is 2. The summed E-state index contributed by atoms with van der Waals surface area (Å²) in [6.07, 6.45) is 0.0259. The number of rotatable bonds is 6. The first-order valence-corrected chi connectivity index (χ1v) is 5.58. The quantitative estimate of drug-likeness (QED) is 0.815. The maximum Gasteiger partial charge on any atom is 0.121 e. The van der Waals surface area contributed by atoms with Crippen molar-refractivity contribution in [1.29, 1.82) is 5.26 Å². The van der Waals surface area contributed by atoms with Crippen molar-refractivity contribution in [3.8, 4) is 11.8 Å². The summed E-state index contributed by atoms with van der Waals surface area (Å²) < 4.78 is 5.52. The molecule has 1 aromatic rings. The van der Waals surface area contributed by atoms with Crippen LogP contribution in [0.1, 0.15) is 12.8 Å². The average Bonchev–Trinajstić information content (AvgIpc) is 2.30. The summed E-state index contributed by atoms with van der Waals surface area (Å²) in [5.41, 5.74) is 1.07. The highest BCUT2D eigenvalue weighted by Gasteiger charge is 2.04. The molecule has 0 amide bonds. The molecule has 17 heavy (non-hydrogen) atoms. The van der Waals surface area contributed by atoms with Gasteiger partial charge < -0.3 is 14.7 Å². The van der Waals surface area contributed by atoms with Gasteiger partial charge >= 0.3 is 0 Å². The molecule has 0 aliphatic carbocycles. The Morgan fingerprint density at radius 3 is 2.88 bits per heavy atom. The molecule has 0 saturated carbocycles. The molecule has 0 bridgehead atoms. The third-order valence-corrected chi connectivity index (χ3v) is 2.38. The third-order valence-electron chi connectivity index (χ3n) is 2.38. The van der Waals surface area contributed by atoms with Crippen LogP contribution in [-0.2, 0) is 0 Å². The summed E-state index contributed by atoms with van der Waals surface area (Å²) in [4.78, 5) is 2.00. The Hall–Kier alpha value is -1.73. The van der Waals surface area contributed by atoms with Crippen LogP contribution in [0.15, 0.2) is 24.3 Å². The Bertz CT molecular complexity index is 385. The number of aliphatic hydroxyl groups is 1. The summed E-state index contributed by atoms with van der Waals surface area (Å²) in [5, 5.41) is 17.8. The molecule has 0 saturated heterocycles. The zero-order chi connectivity index (χ0) is 12.7. The van der Waals surface area contributed by atoms with Crippen molar-refractivity contribution in [3.63, 3.8) is 0 Å². The SMILES string of the molecule is CN(C)c1cccc(OCCC(O)CC#N)c1. The van der Waals surface area contributed by atoms with Crippen molar-refractivity contribution in [3.05, 3.63) is 24.3 Å². The Morgan fingerprint density at radius 2 is 2.24 bits per heavy atom. The summed E-state index contributed by atoms with van der Waals surface area (Å²) in [7, 11) is 3.94. The average molecular weight is 234 g/mol. The number of anilines is 1. The molecule has 0 aromatic heterocycles. The van der Waals surface area contributed by atoms with Crippen molar-refractivity contribution in [2.75, 3.05) is 25.6 Å². The molecule has 1 N–H and O–H groups in total. The molecule has 1 atom stereocenters. The van der Waals surface area contributed by atoms with Gasteiger partial charge in [0.1, 0.15) is 5.75 Å². The van der Waals surface area contributed by atoms with Crippen LogP contribution in [0.3, 0.4) is 0 Å². The van der Waals surface area contributed by atoms with Gasteiger partial charge in [-0.15, -0.1) is 0 Å². The van der Waals surface area contributed by atoms with Crippen LogP contribution in [-0.4, -0.2) is 31.9 Å². The van der Waals surface area contributed by atoms with E-state index < -0.39 is 6.10 Å². The van der Waals surface area contributed by atoms with E-state index in [2.05, 4.69) is 0 Å². The molecule has 0 spiro atoms. The molecule has 1 unspecified atom stereocenters. The molecule has 4 nitrogen and oxygen atoms in total. The molecule has 0 radical (unpaired) electrons. The van der Waals surface area contributed by atoms with Crippen LogP contribution in [0.25, 0.3) is 0 Å². The highest BCUT2D eigenvalue weighted by Crippen LogP contribution is 2.19. The van der Waals surface area contributed by atoms with Crippen molar-refractivity contribution in [2.24, 2.45) is 0 Å². The second kappa shape index (κ2) is 6.77. The van der Waals surface area contributed by atoms with E-state index in [1.807, 2.05) is 49.3 Å². The standard InChI is InChI=1S/C13H18N2O2/c1-15(2)11-4-3-5-13(10-11)17-9-7-12(16)6-8-14/h3-5,10,12,16H,6-7,9H2,1-2H3. The largest absolute Gasteiger partial charge is 0.493 e.